The molecular formula is C16H14ClN5O2S. The highest BCUT2D eigenvalue weighted by atomic mass is 35.5. The van der Waals surface area contributed by atoms with E-state index in [1.807, 2.05) is 5.38 Å². The molecule has 0 aliphatic carbocycles. The Morgan fingerprint density at radius 3 is 2.88 bits per heavy atom. The Labute approximate surface area is 152 Å². The summed E-state index contributed by atoms with van der Waals surface area (Å²) in [5.74, 6) is -0.436. The highest BCUT2D eigenvalue weighted by Gasteiger charge is 2.11. The number of amides is 2. The molecule has 0 bridgehead atoms. The van der Waals surface area contributed by atoms with E-state index in [1.54, 1.807) is 29.6 Å². The smallest absolute Gasteiger partial charge is 0.252 e. The van der Waals surface area contributed by atoms with Crippen LogP contribution in [0.15, 0.2) is 47.7 Å². The van der Waals surface area contributed by atoms with Crippen LogP contribution in [0.5, 0.6) is 0 Å². The lowest BCUT2D eigenvalue weighted by molar-refractivity contribution is -0.116. The van der Waals surface area contributed by atoms with Crippen molar-refractivity contribution < 1.29 is 9.59 Å². The number of anilines is 1. The number of hydrogen-bond acceptors (Lipinski definition) is 5. The Balaban J connectivity index is 1.59. The van der Waals surface area contributed by atoms with Crippen LogP contribution in [0.1, 0.15) is 16.8 Å². The topological polar surface area (TPSA) is 88.9 Å². The lowest BCUT2D eigenvalue weighted by Crippen LogP contribution is -2.27. The molecule has 0 saturated heterocycles. The largest absolute Gasteiger partial charge is 0.351 e. The van der Waals surface area contributed by atoms with E-state index >= 15 is 0 Å². The van der Waals surface area contributed by atoms with Crippen molar-refractivity contribution in [3.63, 3.8) is 0 Å². The molecule has 0 spiro atoms. The standard InChI is InChI=1S/C16H14ClN5O2S/c17-12-1-2-14(22-10-18-9-20-22)13(7-12)21-15(23)3-5-19-16(24)11-4-6-25-8-11/h1-2,4,6-10H,3,5H2,(H,19,24)(H,21,23). The first-order chi connectivity index (χ1) is 12.1. The summed E-state index contributed by atoms with van der Waals surface area (Å²) in [5.41, 5.74) is 1.76. The lowest BCUT2D eigenvalue weighted by Gasteiger charge is -2.11. The molecule has 0 atom stereocenters. The molecule has 0 radical (unpaired) electrons. The maximum absolute atomic E-state index is 12.2. The Kier molecular flexibility index (Phi) is 5.42. The van der Waals surface area contributed by atoms with Crippen molar-refractivity contribution >= 4 is 40.4 Å². The molecule has 9 heteroatoms. The fourth-order valence-corrected chi connectivity index (χ4v) is 2.95. The van der Waals surface area contributed by atoms with Crippen LogP contribution in [0.4, 0.5) is 5.69 Å². The monoisotopic (exact) mass is 375 g/mol. The van der Waals surface area contributed by atoms with Crippen molar-refractivity contribution in [3.8, 4) is 5.69 Å². The zero-order valence-corrected chi connectivity index (χ0v) is 14.5. The van der Waals surface area contributed by atoms with E-state index in [2.05, 4.69) is 20.7 Å². The molecule has 0 aliphatic heterocycles. The minimum atomic E-state index is -0.241. The number of thiophene rings is 1. The van der Waals surface area contributed by atoms with Gasteiger partial charge in [0.05, 0.1) is 11.4 Å². The fraction of sp³-hybridized carbons (Fsp3) is 0.125. The van der Waals surface area contributed by atoms with Gasteiger partial charge in [-0.2, -0.15) is 16.4 Å². The summed E-state index contributed by atoms with van der Waals surface area (Å²) in [7, 11) is 0. The second-order valence-electron chi connectivity index (χ2n) is 5.07. The van der Waals surface area contributed by atoms with E-state index in [-0.39, 0.29) is 24.8 Å². The number of carbonyl (C=O) groups is 2. The van der Waals surface area contributed by atoms with Crippen molar-refractivity contribution in [1.29, 1.82) is 0 Å². The molecule has 2 aromatic heterocycles. The number of halogens is 1. The molecule has 0 fully saturated rings. The highest BCUT2D eigenvalue weighted by Crippen LogP contribution is 2.24. The van der Waals surface area contributed by atoms with E-state index in [0.717, 1.165) is 0 Å². The van der Waals surface area contributed by atoms with Gasteiger partial charge < -0.3 is 10.6 Å². The second-order valence-corrected chi connectivity index (χ2v) is 6.28. The summed E-state index contributed by atoms with van der Waals surface area (Å²) in [6.07, 6.45) is 3.07. The molecule has 2 N–H and O–H groups in total. The van der Waals surface area contributed by atoms with Crippen LogP contribution in [-0.4, -0.2) is 33.1 Å². The van der Waals surface area contributed by atoms with Gasteiger partial charge in [0.25, 0.3) is 5.91 Å². The Morgan fingerprint density at radius 1 is 1.28 bits per heavy atom. The SMILES string of the molecule is O=C(CCNC(=O)c1ccsc1)Nc1cc(Cl)ccc1-n1cncn1. The van der Waals surface area contributed by atoms with Gasteiger partial charge in [0.15, 0.2) is 0 Å². The third-order valence-corrected chi connectivity index (χ3v) is 4.24. The van der Waals surface area contributed by atoms with Gasteiger partial charge in [-0.1, -0.05) is 11.6 Å². The number of aromatic nitrogens is 3. The Morgan fingerprint density at radius 2 is 2.16 bits per heavy atom. The van der Waals surface area contributed by atoms with E-state index in [4.69, 9.17) is 11.6 Å². The quantitative estimate of drug-likeness (QED) is 0.693. The molecule has 128 valence electrons. The van der Waals surface area contributed by atoms with Gasteiger partial charge in [-0.05, 0) is 29.6 Å². The first kappa shape index (κ1) is 17.1. The van der Waals surface area contributed by atoms with Gasteiger partial charge in [0, 0.05) is 28.9 Å². The molecule has 25 heavy (non-hydrogen) atoms. The van der Waals surface area contributed by atoms with E-state index in [1.165, 1.54) is 28.7 Å². The maximum Gasteiger partial charge on any atom is 0.252 e. The second kappa shape index (κ2) is 7.91. The van der Waals surface area contributed by atoms with Crippen LogP contribution in [-0.2, 0) is 4.79 Å². The molecule has 1 aromatic carbocycles. The fourth-order valence-electron chi connectivity index (χ4n) is 2.14. The van der Waals surface area contributed by atoms with Gasteiger partial charge in [-0.3, -0.25) is 9.59 Å². The van der Waals surface area contributed by atoms with Crippen LogP contribution < -0.4 is 10.6 Å². The third kappa shape index (κ3) is 4.43. The highest BCUT2D eigenvalue weighted by molar-refractivity contribution is 7.08. The molecule has 3 rings (SSSR count). The summed E-state index contributed by atoms with van der Waals surface area (Å²) in [6.45, 7) is 0.236. The molecule has 7 nitrogen and oxygen atoms in total. The van der Waals surface area contributed by atoms with Gasteiger partial charge in [-0.15, -0.1) is 0 Å². The third-order valence-electron chi connectivity index (χ3n) is 3.32. The zero-order chi connectivity index (χ0) is 17.6. The maximum atomic E-state index is 12.2. The van der Waals surface area contributed by atoms with Crippen molar-refractivity contribution in [1.82, 2.24) is 20.1 Å². The van der Waals surface area contributed by atoms with Crippen molar-refractivity contribution in [2.45, 2.75) is 6.42 Å². The van der Waals surface area contributed by atoms with Crippen LogP contribution >= 0.6 is 22.9 Å². The molecule has 0 saturated carbocycles. The van der Waals surface area contributed by atoms with E-state index < -0.39 is 0 Å². The summed E-state index contributed by atoms with van der Waals surface area (Å²) in [4.78, 5) is 27.9. The minimum absolute atomic E-state index is 0.138. The van der Waals surface area contributed by atoms with E-state index in [0.29, 0.717) is 22.0 Å². The number of benzene rings is 1. The van der Waals surface area contributed by atoms with E-state index in [9.17, 15) is 9.59 Å². The molecular weight excluding hydrogens is 362 g/mol. The summed E-state index contributed by atoms with van der Waals surface area (Å²) in [5, 5.41) is 13.6. The number of rotatable bonds is 6. The van der Waals surface area contributed by atoms with Gasteiger partial charge in [0.2, 0.25) is 5.91 Å². The first-order valence-electron chi connectivity index (χ1n) is 7.38. The van der Waals surface area contributed by atoms with Crippen LogP contribution in [0.25, 0.3) is 5.69 Å². The molecule has 0 aliphatic rings. The number of nitrogens with one attached hydrogen (secondary N) is 2. The normalized spacial score (nSPS) is 10.4. The van der Waals surface area contributed by atoms with Gasteiger partial charge in [-0.25, -0.2) is 9.67 Å². The number of hydrogen-bond donors (Lipinski definition) is 2. The molecule has 0 unspecified atom stereocenters. The lowest BCUT2D eigenvalue weighted by atomic mass is 10.2. The summed E-state index contributed by atoms with van der Waals surface area (Å²) in [6, 6.07) is 6.82. The van der Waals surface area contributed by atoms with Crippen LogP contribution in [0.3, 0.4) is 0 Å². The molecule has 2 amide bonds. The van der Waals surface area contributed by atoms with Gasteiger partial charge >= 0.3 is 0 Å². The number of carbonyl (C=O) groups excluding carboxylic acids is 2. The average Bonchev–Trinajstić information content (AvgIpc) is 3.29. The Hall–Kier alpha value is -2.71. The van der Waals surface area contributed by atoms with Crippen molar-refractivity contribution in [2.24, 2.45) is 0 Å². The number of nitrogens with zero attached hydrogens (tertiary/aromatic N) is 3. The van der Waals surface area contributed by atoms with Crippen molar-refractivity contribution in [2.75, 3.05) is 11.9 Å². The van der Waals surface area contributed by atoms with Crippen LogP contribution in [0, 0.1) is 0 Å². The predicted molar refractivity (Wildman–Crippen MR) is 96.3 cm³/mol. The molecule has 2 heterocycles. The predicted octanol–water partition coefficient (Wildman–Crippen LogP) is 2.74. The summed E-state index contributed by atoms with van der Waals surface area (Å²) < 4.78 is 1.53. The molecule has 3 aromatic rings. The Bertz CT molecular complexity index is 865. The summed E-state index contributed by atoms with van der Waals surface area (Å²) >= 11 is 7.46. The zero-order valence-electron chi connectivity index (χ0n) is 13.0. The first-order valence-corrected chi connectivity index (χ1v) is 8.70. The van der Waals surface area contributed by atoms with Gasteiger partial charge in [0.1, 0.15) is 12.7 Å². The minimum Gasteiger partial charge on any atom is -0.351 e. The van der Waals surface area contributed by atoms with Crippen LogP contribution in [0.2, 0.25) is 5.02 Å². The average molecular weight is 376 g/mol. The van der Waals surface area contributed by atoms with Crippen molar-refractivity contribution in [3.05, 3.63) is 58.3 Å².